The lowest BCUT2D eigenvalue weighted by Gasteiger charge is -2.28. The van der Waals surface area contributed by atoms with Crippen LogP contribution in [0.4, 0.5) is 0 Å². The molecule has 9 nitrogen and oxygen atoms in total. The number of carbonyl (C=O) groups is 4. The quantitative estimate of drug-likeness (QED) is 0.311. The van der Waals surface area contributed by atoms with E-state index in [1.165, 1.54) is 11.0 Å². The van der Waals surface area contributed by atoms with E-state index in [0.717, 1.165) is 12.8 Å². The third kappa shape index (κ3) is 7.37. The molecular formula is C22H30BNO8. The third-order valence-corrected chi connectivity index (χ3v) is 5.19. The van der Waals surface area contributed by atoms with Gasteiger partial charge in [0.1, 0.15) is 17.1 Å². The second-order valence-corrected chi connectivity index (χ2v) is 7.97. The summed E-state index contributed by atoms with van der Waals surface area (Å²) in [4.78, 5) is 49.1. The van der Waals surface area contributed by atoms with Crippen LogP contribution >= 0.6 is 0 Å². The van der Waals surface area contributed by atoms with Gasteiger partial charge in [0.25, 0.3) is 0 Å². The minimum absolute atomic E-state index is 0.000183. The van der Waals surface area contributed by atoms with Crippen LogP contribution in [0.3, 0.4) is 0 Å². The van der Waals surface area contributed by atoms with Crippen molar-refractivity contribution in [2.75, 3.05) is 20.9 Å². The molecule has 0 aromatic heterocycles. The van der Waals surface area contributed by atoms with Crippen LogP contribution in [0, 0.1) is 0 Å². The van der Waals surface area contributed by atoms with Crippen molar-refractivity contribution < 1.29 is 38.3 Å². The number of nitrogens with zero attached hydrogens (tertiary/aromatic N) is 1. The predicted molar refractivity (Wildman–Crippen MR) is 116 cm³/mol. The minimum Gasteiger partial charge on any atom is -0.535 e. The second kappa shape index (κ2) is 12.2. The number of ether oxygens (including phenoxy) is 2. The van der Waals surface area contributed by atoms with Crippen LogP contribution in [0.1, 0.15) is 61.4 Å². The van der Waals surface area contributed by atoms with Gasteiger partial charge in [-0.15, -0.1) is 0 Å². The fourth-order valence-electron chi connectivity index (χ4n) is 3.32. The second-order valence-electron chi connectivity index (χ2n) is 7.97. The number of unbranched alkanes of at least 4 members (excludes halogenated alkanes) is 1. The van der Waals surface area contributed by atoms with Crippen molar-refractivity contribution in [1.82, 2.24) is 4.90 Å². The number of hydrogen-bond acceptors (Lipinski definition) is 8. The van der Waals surface area contributed by atoms with Crippen LogP contribution < -0.4 is 4.65 Å². The molecule has 0 aliphatic carbocycles. The number of hydrogen-bond donors (Lipinski definition) is 1. The van der Waals surface area contributed by atoms with Gasteiger partial charge in [-0.1, -0.05) is 25.5 Å². The summed E-state index contributed by atoms with van der Waals surface area (Å²) in [7, 11) is 1.96. The van der Waals surface area contributed by atoms with Gasteiger partial charge >= 0.3 is 19.1 Å². The van der Waals surface area contributed by atoms with Crippen LogP contribution in [-0.4, -0.2) is 61.6 Å². The van der Waals surface area contributed by atoms with Crippen LogP contribution in [0.25, 0.3) is 0 Å². The van der Waals surface area contributed by atoms with E-state index in [4.69, 9.17) is 14.1 Å². The molecule has 2 rings (SSSR count). The first-order chi connectivity index (χ1) is 15.2. The molecule has 0 spiro atoms. The van der Waals surface area contributed by atoms with Crippen molar-refractivity contribution in [2.24, 2.45) is 0 Å². The van der Waals surface area contributed by atoms with E-state index < -0.39 is 25.8 Å². The largest absolute Gasteiger partial charge is 0.535 e. The lowest BCUT2D eigenvalue weighted by Crippen LogP contribution is -2.36. The summed E-state index contributed by atoms with van der Waals surface area (Å²) < 4.78 is 15.4. The maximum absolute atomic E-state index is 12.4. The zero-order valence-electron chi connectivity index (χ0n) is 18.8. The standard InChI is InChI=1S/C22H30BNO8/c1-4-5-8-17(25)13-16-12-15-7-6-9-18(21(15)32-23(16)29)22(28)31-14-30-20(27)11-10-19(26)24(2)3/h6-7,9,16,29H,4-5,8,10-14H2,1-3H3/t16-/m1/s1. The highest BCUT2D eigenvalue weighted by Gasteiger charge is 2.37. The summed E-state index contributed by atoms with van der Waals surface area (Å²) in [6, 6.07) is 4.91. The van der Waals surface area contributed by atoms with Crippen molar-refractivity contribution in [3.05, 3.63) is 29.3 Å². The van der Waals surface area contributed by atoms with Gasteiger partial charge in [0.15, 0.2) is 0 Å². The number of benzene rings is 1. The topological polar surface area (TPSA) is 119 Å². The van der Waals surface area contributed by atoms with Gasteiger partial charge in [-0.05, 0) is 24.5 Å². The normalized spacial score (nSPS) is 14.8. The van der Waals surface area contributed by atoms with Crippen molar-refractivity contribution in [1.29, 1.82) is 0 Å². The molecular weight excluding hydrogens is 417 g/mol. The smallest absolute Gasteiger partial charge is 0.526 e. The molecule has 1 aromatic rings. The number of esters is 2. The summed E-state index contributed by atoms with van der Waals surface area (Å²) >= 11 is 0. The summed E-state index contributed by atoms with van der Waals surface area (Å²) in [5, 5.41) is 10.4. The molecule has 1 amide bonds. The molecule has 0 saturated carbocycles. The highest BCUT2D eigenvalue weighted by Crippen LogP contribution is 2.36. The molecule has 0 fully saturated rings. The summed E-state index contributed by atoms with van der Waals surface area (Å²) in [5.41, 5.74) is 0.786. The number of fused-ring (bicyclic) bond motifs is 1. The van der Waals surface area contributed by atoms with Crippen LogP contribution in [0.5, 0.6) is 5.75 Å². The molecule has 0 bridgehead atoms. The lowest BCUT2D eigenvalue weighted by atomic mass is 9.64. The molecule has 10 heteroatoms. The van der Waals surface area contributed by atoms with Crippen molar-refractivity contribution in [3.8, 4) is 5.75 Å². The van der Waals surface area contributed by atoms with E-state index in [2.05, 4.69) is 0 Å². The molecule has 32 heavy (non-hydrogen) atoms. The number of rotatable bonds is 11. The van der Waals surface area contributed by atoms with Crippen molar-refractivity contribution >= 4 is 30.7 Å². The molecule has 174 valence electrons. The van der Waals surface area contributed by atoms with E-state index in [1.807, 2.05) is 6.92 Å². The predicted octanol–water partition coefficient (Wildman–Crippen LogP) is 2.15. The van der Waals surface area contributed by atoms with E-state index in [1.54, 1.807) is 26.2 Å². The molecule has 1 aliphatic heterocycles. The van der Waals surface area contributed by atoms with Gasteiger partial charge in [0.05, 0.1) is 6.42 Å². The third-order valence-electron chi connectivity index (χ3n) is 5.19. The van der Waals surface area contributed by atoms with Crippen LogP contribution in [0.15, 0.2) is 18.2 Å². The number of carbonyl (C=O) groups excluding carboxylic acids is 4. The first-order valence-corrected chi connectivity index (χ1v) is 10.7. The first-order valence-electron chi connectivity index (χ1n) is 10.7. The fraction of sp³-hybridized carbons (Fsp3) is 0.545. The summed E-state index contributed by atoms with van der Waals surface area (Å²) in [6.07, 6.45) is 2.69. The minimum atomic E-state index is -1.21. The molecule has 0 saturated heterocycles. The monoisotopic (exact) mass is 447 g/mol. The highest BCUT2D eigenvalue weighted by molar-refractivity contribution is 6.47. The Morgan fingerprint density at radius 1 is 1.16 bits per heavy atom. The molecule has 1 N–H and O–H groups in total. The van der Waals surface area contributed by atoms with E-state index in [-0.39, 0.29) is 48.1 Å². The maximum Gasteiger partial charge on any atom is 0.526 e. The Kier molecular flexibility index (Phi) is 9.71. The maximum atomic E-state index is 12.4. The highest BCUT2D eigenvalue weighted by atomic mass is 16.7. The Hall–Kier alpha value is -2.88. The fourth-order valence-corrected chi connectivity index (χ4v) is 3.32. The SMILES string of the molecule is CCCCC(=O)C[C@H]1Cc2cccc(C(=O)OCOC(=O)CCC(=O)N(C)C)c2OB1O. The molecule has 0 radical (unpaired) electrons. The summed E-state index contributed by atoms with van der Waals surface area (Å²) in [6.45, 7) is 1.41. The molecule has 0 unspecified atom stereocenters. The Balaban J connectivity index is 1.91. The van der Waals surface area contributed by atoms with Gasteiger partial charge in [0.2, 0.25) is 12.7 Å². The average molecular weight is 447 g/mol. The molecule has 1 atom stereocenters. The molecule has 1 aromatic carbocycles. The van der Waals surface area contributed by atoms with Crippen molar-refractivity contribution in [2.45, 2.75) is 57.7 Å². The summed E-state index contributed by atoms with van der Waals surface area (Å²) in [5.74, 6) is -1.76. The number of ketones is 1. The van der Waals surface area contributed by atoms with Crippen LogP contribution in [-0.2, 0) is 30.3 Å². The lowest BCUT2D eigenvalue weighted by molar-refractivity contribution is -0.153. The van der Waals surface area contributed by atoms with E-state index in [0.29, 0.717) is 18.4 Å². The number of amides is 1. The molecule has 1 aliphatic rings. The zero-order valence-corrected chi connectivity index (χ0v) is 18.8. The van der Waals surface area contributed by atoms with Gasteiger partial charge in [-0.3, -0.25) is 14.4 Å². The van der Waals surface area contributed by atoms with Crippen LogP contribution in [0.2, 0.25) is 5.82 Å². The Labute approximate surface area is 188 Å². The number of Topliss-reactive ketones (excluding diaryl/α,β-unsaturated/α-hetero) is 1. The van der Waals surface area contributed by atoms with E-state index >= 15 is 0 Å². The zero-order chi connectivity index (χ0) is 23.7. The van der Waals surface area contributed by atoms with E-state index in [9.17, 15) is 24.2 Å². The Bertz CT molecular complexity index is 841. The van der Waals surface area contributed by atoms with Crippen molar-refractivity contribution in [3.63, 3.8) is 0 Å². The number of para-hydroxylation sites is 1. The van der Waals surface area contributed by atoms with Gasteiger partial charge < -0.3 is 24.1 Å². The average Bonchev–Trinajstić information content (AvgIpc) is 2.75. The molecule has 1 heterocycles. The van der Waals surface area contributed by atoms with Gasteiger partial charge in [-0.25, -0.2) is 4.79 Å². The Morgan fingerprint density at radius 3 is 2.59 bits per heavy atom. The first kappa shape index (κ1) is 25.4. The van der Waals surface area contributed by atoms with Gasteiger partial charge in [0, 0.05) is 39.2 Å². The Morgan fingerprint density at radius 2 is 1.91 bits per heavy atom. The van der Waals surface area contributed by atoms with Gasteiger partial charge in [-0.2, -0.15) is 0 Å².